The third kappa shape index (κ3) is 3.36. The van der Waals surface area contributed by atoms with Crippen molar-refractivity contribution in [2.75, 3.05) is 12.8 Å². The van der Waals surface area contributed by atoms with Crippen LogP contribution in [0.4, 0.5) is 5.95 Å². The Morgan fingerprint density at radius 2 is 1.90 bits per heavy atom. The zero-order chi connectivity index (χ0) is 15.6. The summed E-state index contributed by atoms with van der Waals surface area (Å²) >= 11 is 6.03. The van der Waals surface area contributed by atoms with Gasteiger partial charge in [-0.15, -0.1) is 0 Å². The lowest BCUT2D eigenvalue weighted by Gasteiger charge is -2.17. The summed E-state index contributed by atoms with van der Waals surface area (Å²) in [7, 11) is 1.63. The molecule has 0 fully saturated rings. The first-order valence-corrected chi connectivity index (χ1v) is 6.94. The zero-order valence-corrected chi connectivity index (χ0v) is 13.2. The van der Waals surface area contributed by atoms with Crippen molar-refractivity contribution in [1.82, 2.24) is 9.97 Å². The predicted octanol–water partition coefficient (Wildman–Crippen LogP) is 3.94. The molecule has 1 aromatic heterocycles. The lowest BCUT2D eigenvalue weighted by atomic mass is 9.99. The highest BCUT2D eigenvalue weighted by Crippen LogP contribution is 2.37. The lowest BCUT2D eigenvalue weighted by Crippen LogP contribution is -2.00. The molecule has 0 aliphatic carbocycles. The molecule has 2 aromatic rings. The average molecular weight is 308 g/mol. The van der Waals surface area contributed by atoms with Gasteiger partial charge in [-0.05, 0) is 30.0 Å². The van der Waals surface area contributed by atoms with Crippen molar-refractivity contribution in [3.63, 3.8) is 0 Å². The van der Waals surface area contributed by atoms with Gasteiger partial charge in [0.2, 0.25) is 5.95 Å². The molecule has 112 valence electrons. The molecule has 0 aliphatic heterocycles. The van der Waals surface area contributed by atoms with E-state index in [2.05, 4.69) is 23.8 Å². The van der Waals surface area contributed by atoms with Crippen molar-refractivity contribution in [3.05, 3.63) is 34.6 Å². The van der Waals surface area contributed by atoms with Crippen molar-refractivity contribution in [1.29, 1.82) is 0 Å². The molecule has 5 nitrogen and oxygen atoms in total. The number of rotatable bonds is 4. The van der Waals surface area contributed by atoms with E-state index in [0.717, 1.165) is 16.9 Å². The molecule has 0 saturated carbocycles. The van der Waals surface area contributed by atoms with Crippen molar-refractivity contribution < 1.29 is 9.47 Å². The molecule has 0 saturated heterocycles. The summed E-state index contributed by atoms with van der Waals surface area (Å²) in [5.41, 5.74) is 7.59. The summed E-state index contributed by atoms with van der Waals surface area (Å²) in [6.07, 6.45) is 1.46. The summed E-state index contributed by atoms with van der Waals surface area (Å²) in [5, 5.41) is 0.178. The molecule has 0 bridgehead atoms. The van der Waals surface area contributed by atoms with E-state index in [9.17, 15) is 0 Å². The van der Waals surface area contributed by atoms with Gasteiger partial charge in [0, 0.05) is 6.07 Å². The molecule has 2 rings (SSSR count). The van der Waals surface area contributed by atoms with Crippen LogP contribution in [0.2, 0.25) is 5.15 Å². The molecular weight excluding hydrogens is 290 g/mol. The van der Waals surface area contributed by atoms with Crippen LogP contribution in [0, 0.1) is 6.92 Å². The van der Waals surface area contributed by atoms with E-state index in [0.29, 0.717) is 11.5 Å². The summed E-state index contributed by atoms with van der Waals surface area (Å²) in [5.74, 6) is 2.18. The molecule has 21 heavy (non-hydrogen) atoms. The van der Waals surface area contributed by atoms with Crippen LogP contribution in [0.25, 0.3) is 0 Å². The quantitative estimate of drug-likeness (QED) is 0.866. The van der Waals surface area contributed by atoms with Gasteiger partial charge in [-0.25, -0.2) is 4.98 Å². The van der Waals surface area contributed by atoms with Gasteiger partial charge in [0.05, 0.1) is 13.3 Å². The Morgan fingerprint density at radius 3 is 2.48 bits per heavy atom. The molecule has 1 aromatic carbocycles. The minimum Gasteiger partial charge on any atom is -0.496 e. The highest BCUT2D eigenvalue weighted by Gasteiger charge is 2.15. The summed E-state index contributed by atoms with van der Waals surface area (Å²) in [6.45, 7) is 6.18. The third-order valence-corrected chi connectivity index (χ3v) is 3.37. The molecule has 0 aliphatic rings. The Bertz CT molecular complexity index is 660. The van der Waals surface area contributed by atoms with Crippen molar-refractivity contribution in [3.8, 4) is 17.2 Å². The van der Waals surface area contributed by atoms with Crippen LogP contribution in [-0.2, 0) is 0 Å². The summed E-state index contributed by atoms with van der Waals surface area (Å²) in [4.78, 5) is 7.78. The second-order valence-corrected chi connectivity index (χ2v) is 5.36. The van der Waals surface area contributed by atoms with E-state index in [1.54, 1.807) is 7.11 Å². The van der Waals surface area contributed by atoms with E-state index in [1.807, 2.05) is 19.1 Å². The van der Waals surface area contributed by atoms with E-state index < -0.39 is 0 Å². The smallest absolute Gasteiger partial charge is 0.221 e. The highest BCUT2D eigenvalue weighted by molar-refractivity contribution is 6.30. The number of halogens is 1. The van der Waals surface area contributed by atoms with Gasteiger partial charge in [0.1, 0.15) is 11.5 Å². The number of hydrogen-bond donors (Lipinski definition) is 1. The minimum atomic E-state index is 0.109. The number of nitrogens with zero attached hydrogens (tertiary/aromatic N) is 2. The first-order valence-electron chi connectivity index (χ1n) is 6.56. The summed E-state index contributed by atoms with van der Waals surface area (Å²) in [6, 6.07) is 3.89. The van der Waals surface area contributed by atoms with Crippen LogP contribution < -0.4 is 15.2 Å². The fraction of sp³-hybridized carbons (Fsp3) is 0.333. The fourth-order valence-corrected chi connectivity index (χ4v) is 2.17. The average Bonchev–Trinajstić information content (AvgIpc) is 2.42. The van der Waals surface area contributed by atoms with Crippen LogP contribution in [0.3, 0.4) is 0 Å². The monoisotopic (exact) mass is 307 g/mol. The Kier molecular flexibility index (Phi) is 4.53. The van der Waals surface area contributed by atoms with Crippen molar-refractivity contribution in [2.45, 2.75) is 26.7 Å². The van der Waals surface area contributed by atoms with Gasteiger partial charge in [0.15, 0.2) is 10.9 Å². The van der Waals surface area contributed by atoms with Crippen molar-refractivity contribution >= 4 is 17.5 Å². The molecule has 6 heteroatoms. The number of hydrogen-bond acceptors (Lipinski definition) is 5. The zero-order valence-electron chi connectivity index (χ0n) is 12.5. The number of benzene rings is 1. The Balaban J connectivity index is 2.46. The van der Waals surface area contributed by atoms with Crippen LogP contribution in [0.5, 0.6) is 17.2 Å². The van der Waals surface area contributed by atoms with Gasteiger partial charge in [-0.1, -0.05) is 25.4 Å². The van der Waals surface area contributed by atoms with Crippen LogP contribution in [0.1, 0.15) is 30.9 Å². The van der Waals surface area contributed by atoms with E-state index in [-0.39, 0.29) is 17.0 Å². The molecular formula is C15H18ClN3O2. The largest absolute Gasteiger partial charge is 0.496 e. The normalized spacial score (nSPS) is 10.8. The van der Waals surface area contributed by atoms with Crippen LogP contribution >= 0.6 is 11.6 Å². The lowest BCUT2D eigenvalue weighted by molar-refractivity contribution is 0.404. The van der Waals surface area contributed by atoms with Crippen molar-refractivity contribution in [2.24, 2.45) is 0 Å². The SMILES string of the molecule is COc1cc(Oc2cnc(N)nc2Cl)c(C(C)C)cc1C. The fourth-order valence-electron chi connectivity index (χ4n) is 2.00. The topological polar surface area (TPSA) is 70.3 Å². The number of nitrogen functional groups attached to an aromatic ring is 1. The number of ether oxygens (including phenoxy) is 2. The Hall–Kier alpha value is -2.01. The maximum atomic E-state index is 6.03. The molecule has 0 unspecified atom stereocenters. The molecule has 0 radical (unpaired) electrons. The van der Waals surface area contributed by atoms with Gasteiger partial charge >= 0.3 is 0 Å². The van der Waals surface area contributed by atoms with E-state index in [4.69, 9.17) is 26.8 Å². The Morgan fingerprint density at radius 1 is 1.19 bits per heavy atom. The first kappa shape index (κ1) is 15.4. The molecule has 1 heterocycles. The Labute approximate surface area is 129 Å². The number of aryl methyl sites for hydroxylation is 1. The van der Waals surface area contributed by atoms with Gasteiger partial charge in [-0.3, -0.25) is 0 Å². The van der Waals surface area contributed by atoms with Crippen LogP contribution in [-0.4, -0.2) is 17.1 Å². The number of aromatic nitrogens is 2. The maximum Gasteiger partial charge on any atom is 0.221 e. The first-order chi connectivity index (χ1) is 9.92. The maximum absolute atomic E-state index is 6.03. The van der Waals surface area contributed by atoms with E-state index >= 15 is 0 Å². The molecule has 0 atom stereocenters. The highest BCUT2D eigenvalue weighted by atomic mass is 35.5. The minimum absolute atomic E-state index is 0.109. The standard InChI is InChI=1S/C15H18ClN3O2/c1-8(2)10-5-9(3)11(20-4)6-12(10)21-13-7-18-15(17)19-14(13)16/h5-8H,1-4H3,(H2,17,18,19). The third-order valence-electron chi connectivity index (χ3n) is 3.10. The second kappa shape index (κ2) is 6.18. The number of methoxy groups -OCH3 is 1. The van der Waals surface area contributed by atoms with Gasteiger partial charge in [0.25, 0.3) is 0 Å². The number of nitrogens with two attached hydrogens (primary N) is 1. The number of anilines is 1. The molecule has 0 amide bonds. The summed E-state index contributed by atoms with van der Waals surface area (Å²) < 4.78 is 11.2. The molecule has 2 N–H and O–H groups in total. The molecule has 0 spiro atoms. The van der Waals surface area contributed by atoms with E-state index in [1.165, 1.54) is 6.20 Å². The van der Waals surface area contributed by atoms with Gasteiger partial charge in [-0.2, -0.15) is 4.98 Å². The van der Waals surface area contributed by atoms with Gasteiger partial charge < -0.3 is 15.2 Å². The second-order valence-electron chi connectivity index (χ2n) is 5.00. The predicted molar refractivity (Wildman–Crippen MR) is 83.3 cm³/mol. The van der Waals surface area contributed by atoms with Crippen LogP contribution in [0.15, 0.2) is 18.3 Å².